The normalized spacial score (nSPS) is 11.3. The molecule has 6 nitrogen and oxygen atoms in total. The highest BCUT2D eigenvalue weighted by molar-refractivity contribution is 5.66. The van der Waals surface area contributed by atoms with E-state index < -0.39 is 0 Å². The van der Waals surface area contributed by atoms with E-state index in [0.29, 0.717) is 23.0 Å². The fourth-order valence-electron chi connectivity index (χ4n) is 2.33. The first-order valence-electron chi connectivity index (χ1n) is 7.59. The Kier molecular flexibility index (Phi) is 4.41. The molecule has 2 aromatic heterocycles. The van der Waals surface area contributed by atoms with E-state index in [1.54, 1.807) is 43.4 Å². The molecule has 0 saturated heterocycles. The van der Waals surface area contributed by atoms with Crippen LogP contribution in [0, 0.1) is 5.82 Å². The van der Waals surface area contributed by atoms with Crippen molar-refractivity contribution in [3.63, 3.8) is 0 Å². The maximum Gasteiger partial charge on any atom is 0.251 e. The van der Waals surface area contributed by atoms with Crippen molar-refractivity contribution in [1.82, 2.24) is 19.9 Å². The minimum atomic E-state index is -0.328. The monoisotopic (exact) mass is 327 g/mol. The minimum Gasteiger partial charge on any atom is -0.375 e. The predicted octanol–water partition coefficient (Wildman–Crippen LogP) is 3.33. The summed E-state index contributed by atoms with van der Waals surface area (Å²) in [6.45, 7) is 2.79. The molecule has 0 aliphatic heterocycles. The molecule has 124 valence electrons. The summed E-state index contributed by atoms with van der Waals surface area (Å²) in [5, 5.41) is 8.09. The number of hydrogen-bond donors (Lipinski definition) is 0. The van der Waals surface area contributed by atoms with Crippen molar-refractivity contribution < 1.29 is 8.91 Å². The van der Waals surface area contributed by atoms with Crippen molar-refractivity contribution >= 4 is 17.8 Å². The van der Waals surface area contributed by atoms with Gasteiger partial charge in [0.25, 0.3) is 5.89 Å². The Bertz CT molecular complexity index is 866. The molecule has 0 aliphatic rings. The van der Waals surface area contributed by atoms with Crippen molar-refractivity contribution in [2.75, 3.05) is 19.0 Å². The first kappa shape index (κ1) is 15.9. The summed E-state index contributed by atoms with van der Waals surface area (Å²) < 4.78 is 21.1. The molecule has 7 heteroatoms. The van der Waals surface area contributed by atoms with E-state index in [-0.39, 0.29) is 5.82 Å². The zero-order valence-electron chi connectivity index (χ0n) is 13.8. The van der Waals surface area contributed by atoms with E-state index in [1.807, 2.05) is 23.7 Å². The first-order chi connectivity index (χ1) is 11.6. The van der Waals surface area contributed by atoms with Crippen LogP contribution < -0.4 is 4.90 Å². The van der Waals surface area contributed by atoms with Gasteiger partial charge in [0.05, 0.1) is 11.4 Å². The highest BCUT2D eigenvalue weighted by Gasteiger charge is 2.11. The Balaban J connectivity index is 1.82. The number of benzene rings is 1. The highest BCUT2D eigenvalue weighted by Crippen LogP contribution is 2.24. The fraction of sp³-hybridized carbons (Fsp3) is 0.235. The lowest BCUT2D eigenvalue weighted by Gasteiger charge is -2.13. The third-order valence-corrected chi connectivity index (χ3v) is 3.58. The van der Waals surface area contributed by atoms with E-state index in [1.165, 1.54) is 6.07 Å². The molecule has 0 unspecified atom stereocenters. The van der Waals surface area contributed by atoms with Crippen molar-refractivity contribution in [2.24, 2.45) is 0 Å². The summed E-state index contributed by atoms with van der Waals surface area (Å²) >= 11 is 0. The molecule has 0 aliphatic carbocycles. The van der Waals surface area contributed by atoms with Gasteiger partial charge in [0, 0.05) is 38.5 Å². The van der Waals surface area contributed by atoms with Crippen LogP contribution in [0.5, 0.6) is 0 Å². The number of hydrogen-bond acceptors (Lipinski definition) is 5. The van der Waals surface area contributed by atoms with Gasteiger partial charge in [-0.25, -0.2) is 4.39 Å². The lowest BCUT2D eigenvalue weighted by molar-refractivity contribution is 0.411. The van der Waals surface area contributed by atoms with Gasteiger partial charge in [0.15, 0.2) is 0 Å². The largest absolute Gasteiger partial charge is 0.375 e. The number of aromatic nitrogens is 4. The Morgan fingerprint density at radius 2 is 2.08 bits per heavy atom. The van der Waals surface area contributed by atoms with Crippen LogP contribution in [0.25, 0.3) is 23.5 Å². The second kappa shape index (κ2) is 6.66. The van der Waals surface area contributed by atoms with E-state index in [9.17, 15) is 4.39 Å². The van der Waals surface area contributed by atoms with E-state index in [4.69, 9.17) is 4.52 Å². The van der Waals surface area contributed by atoms with E-state index in [2.05, 4.69) is 15.2 Å². The molecule has 0 bridgehead atoms. The van der Waals surface area contributed by atoms with Gasteiger partial charge in [-0.15, -0.1) is 0 Å². The van der Waals surface area contributed by atoms with Crippen LogP contribution in [-0.2, 0) is 6.54 Å². The number of rotatable bonds is 5. The smallest absolute Gasteiger partial charge is 0.251 e. The molecule has 0 fully saturated rings. The van der Waals surface area contributed by atoms with Gasteiger partial charge in [0.1, 0.15) is 5.82 Å². The Morgan fingerprint density at radius 1 is 1.25 bits per heavy atom. The zero-order valence-corrected chi connectivity index (χ0v) is 13.8. The summed E-state index contributed by atoms with van der Waals surface area (Å²) in [5.41, 5.74) is 2.02. The van der Waals surface area contributed by atoms with Gasteiger partial charge in [-0.2, -0.15) is 10.1 Å². The molecule has 0 atom stereocenters. The van der Waals surface area contributed by atoms with Crippen LogP contribution in [0.2, 0.25) is 0 Å². The van der Waals surface area contributed by atoms with Crippen LogP contribution in [0.3, 0.4) is 0 Å². The van der Waals surface area contributed by atoms with Crippen LogP contribution in [0.1, 0.15) is 18.5 Å². The lowest BCUT2D eigenvalue weighted by atomic mass is 10.2. The third-order valence-electron chi connectivity index (χ3n) is 3.58. The average molecular weight is 327 g/mol. The topological polar surface area (TPSA) is 60.0 Å². The summed E-state index contributed by atoms with van der Waals surface area (Å²) in [6, 6.07) is 6.76. The molecule has 0 saturated carbocycles. The quantitative estimate of drug-likeness (QED) is 0.719. The maximum absolute atomic E-state index is 14.1. The summed E-state index contributed by atoms with van der Waals surface area (Å²) in [4.78, 5) is 5.99. The van der Waals surface area contributed by atoms with Gasteiger partial charge in [0.2, 0.25) is 5.82 Å². The molecule has 3 aromatic rings. The predicted molar refractivity (Wildman–Crippen MR) is 90.8 cm³/mol. The molecular formula is C17H18FN5O. The summed E-state index contributed by atoms with van der Waals surface area (Å²) in [7, 11) is 3.58. The standard InChI is InChI=1S/C17H18FN5O/c1-4-23-13(9-10-19-23)6-8-16-20-17(21-24-16)12-5-7-15(22(2)3)14(18)11-12/h5-11H,4H2,1-3H3/b8-6+. The molecule has 0 amide bonds. The zero-order chi connectivity index (χ0) is 17.1. The summed E-state index contributed by atoms with van der Waals surface area (Å²) in [5.74, 6) is 0.375. The van der Waals surface area contributed by atoms with Gasteiger partial charge in [-0.1, -0.05) is 5.16 Å². The van der Waals surface area contributed by atoms with Gasteiger partial charge in [-0.05, 0) is 37.3 Å². The highest BCUT2D eigenvalue weighted by atomic mass is 19.1. The molecule has 1 aromatic carbocycles. The second-order valence-corrected chi connectivity index (χ2v) is 5.42. The molecule has 0 N–H and O–H groups in total. The number of aryl methyl sites for hydroxylation is 1. The van der Waals surface area contributed by atoms with Gasteiger partial charge >= 0.3 is 0 Å². The number of anilines is 1. The van der Waals surface area contributed by atoms with Crippen LogP contribution in [0.15, 0.2) is 35.0 Å². The van der Waals surface area contributed by atoms with Gasteiger partial charge in [-0.3, -0.25) is 4.68 Å². The Hall–Kier alpha value is -2.96. The van der Waals surface area contributed by atoms with Gasteiger partial charge < -0.3 is 9.42 Å². The average Bonchev–Trinajstić information content (AvgIpc) is 3.21. The van der Waals surface area contributed by atoms with Crippen molar-refractivity contribution in [3.05, 3.63) is 47.9 Å². The van der Waals surface area contributed by atoms with E-state index >= 15 is 0 Å². The lowest BCUT2D eigenvalue weighted by Crippen LogP contribution is -2.10. The van der Waals surface area contributed by atoms with Crippen molar-refractivity contribution in [3.8, 4) is 11.4 Å². The molecule has 2 heterocycles. The molecule has 0 spiro atoms. The number of nitrogens with zero attached hydrogens (tertiary/aromatic N) is 5. The Labute approximate surface area is 139 Å². The SMILES string of the molecule is CCn1nccc1/C=C/c1nc(-c2ccc(N(C)C)c(F)c2)no1. The van der Waals surface area contributed by atoms with Crippen molar-refractivity contribution in [2.45, 2.75) is 13.5 Å². The third kappa shape index (κ3) is 3.19. The first-order valence-corrected chi connectivity index (χ1v) is 7.59. The summed E-state index contributed by atoms with van der Waals surface area (Å²) in [6.07, 6.45) is 5.30. The minimum absolute atomic E-state index is 0.328. The van der Waals surface area contributed by atoms with Crippen LogP contribution >= 0.6 is 0 Å². The van der Waals surface area contributed by atoms with Crippen LogP contribution in [-0.4, -0.2) is 34.0 Å². The van der Waals surface area contributed by atoms with E-state index in [0.717, 1.165) is 12.2 Å². The molecule has 24 heavy (non-hydrogen) atoms. The second-order valence-electron chi connectivity index (χ2n) is 5.42. The molecular weight excluding hydrogens is 309 g/mol. The number of halogens is 1. The van der Waals surface area contributed by atoms with Crippen LogP contribution in [0.4, 0.5) is 10.1 Å². The van der Waals surface area contributed by atoms with Crippen molar-refractivity contribution in [1.29, 1.82) is 0 Å². The Morgan fingerprint density at radius 3 is 2.79 bits per heavy atom. The fourth-order valence-corrected chi connectivity index (χ4v) is 2.33. The molecule has 3 rings (SSSR count). The maximum atomic E-state index is 14.1. The molecule has 0 radical (unpaired) electrons.